The maximum atomic E-state index is 11.5. The van der Waals surface area contributed by atoms with Crippen LogP contribution in [0.3, 0.4) is 0 Å². The molecule has 3 nitrogen and oxygen atoms in total. The Kier molecular flexibility index (Phi) is 12.7. The van der Waals surface area contributed by atoms with Crippen LogP contribution in [0.15, 0.2) is 42.5 Å². The average molecular weight is 455 g/mol. The predicted octanol–water partition coefficient (Wildman–Crippen LogP) is 7.37. The normalized spacial score (nSPS) is 15.8. The Balaban J connectivity index is 0.000000245. The van der Waals surface area contributed by atoms with Gasteiger partial charge in [-0.1, -0.05) is 76.0 Å². The highest BCUT2D eigenvalue weighted by atomic mass is 35.5. The lowest BCUT2D eigenvalue weighted by Gasteiger charge is -2.18. The van der Waals surface area contributed by atoms with Crippen LogP contribution in [0.4, 0.5) is 0 Å². The Morgan fingerprint density at radius 2 is 1.84 bits per heavy atom. The minimum absolute atomic E-state index is 0.368. The average Bonchev–Trinajstić information content (AvgIpc) is 3.15. The molecule has 2 aromatic rings. The molecule has 174 valence electrons. The molecular formula is C28H39ClN2O. The lowest BCUT2D eigenvalue weighted by molar-refractivity contribution is -0.127. The van der Waals surface area contributed by atoms with Crippen molar-refractivity contribution in [1.82, 2.24) is 4.90 Å². The molecule has 3 rings (SSSR count). The summed E-state index contributed by atoms with van der Waals surface area (Å²) in [6.07, 6.45) is 4.21. The largest absolute Gasteiger partial charge is 0.342 e. The number of carbonyl (C=O) groups excluding carboxylic acids is 1. The van der Waals surface area contributed by atoms with Gasteiger partial charge in [-0.2, -0.15) is 5.26 Å². The van der Waals surface area contributed by atoms with Gasteiger partial charge < -0.3 is 4.90 Å². The maximum Gasteiger partial charge on any atom is 0.222 e. The summed E-state index contributed by atoms with van der Waals surface area (Å²) in [5.41, 5.74) is 4.47. The monoisotopic (exact) mass is 454 g/mol. The molecule has 1 aliphatic rings. The van der Waals surface area contributed by atoms with Crippen LogP contribution in [0, 0.1) is 37.0 Å². The topological polar surface area (TPSA) is 44.1 Å². The summed E-state index contributed by atoms with van der Waals surface area (Å²) in [6.45, 7) is 14.8. The van der Waals surface area contributed by atoms with Gasteiger partial charge >= 0.3 is 0 Å². The Morgan fingerprint density at radius 3 is 2.34 bits per heavy atom. The minimum Gasteiger partial charge on any atom is -0.342 e. The van der Waals surface area contributed by atoms with Gasteiger partial charge in [0.1, 0.15) is 6.07 Å². The highest BCUT2D eigenvalue weighted by Crippen LogP contribution is 2.26. The third-order valence-corrected chi connectivity index (χ3v) is 6.39. The fraction of sp³-hybridized carbons (Fsp3) is 0.500. The molecule has 0 aliphatic carbocycles. The molecule has 0 spiro atoms. The summed E-state index contributed by atoms with van der Waals surface area (Å²) >= 11 is 5.71. The minimum atomic E-state index is 0.368. The van der Waals surface area contributed by atoms with E-state index in [2.05, 4.69) is 58.9 Å². The van der Waals surface area contributed by atoms with Crippen molar-refractivity contribution < 1.29 is 4.79 Å². The van der Waals surface area contributed by atoms with Gasteiger partial charge in [-0.3, -0.25) is 4.79 Å². The zero-order valence-corrected chi connectivity index (χ0v) is 21.4. The van der Waals surface area contributed by atoms with Gasteiger partial charge in [0.2, 0.25) is 5.91 Å². The predicted molar refractivity (Wildman–Crippen MR) is 136 cm³/mol. The van der Waals surface area contributed by atoms with Crippen LogP contribution in [0.25, 0.3) is 0 Å². The third kappa shape index (κ3) is 9.05. The molecule has 0 aromatic heterocycles. The number of hydrogen-bond acceptors (Lipinski definition) is 2. The fourth-order valence-electron chi connectivity index (χ4n) is 3.72. The molecular weight excluding hydrogens is 416 g/mol. The van der Waals surface area contributed by atoms with Crippen molar-refractivity contribution in [3.8, 4) is 6.07 Å². The van der Waals surface area contributed by atoms with Crippen LogP contribution in [0.5, 0.6) is 0 Å². The van der Waals surface area contributed by atoms with E-state index < -0.39 is 0 Å². The van der Waals surface area contributed by atoms with Crippen LogP contribution in [-0.2, 0) is 11.2 Å². The van der Waals surface area contributed by atoms with Gasteiger partial charge in [-0.25, -0.2) is 0 Å². The summed E-state index contributed by atoms with van der Waals surface area (Å²) in [5.74, 6) is 1.68. The van der Waals surface area contributed by atoms with Gasteiger partial charge in [-0.15, -0.1) is 0 Å². The van der Waals surface area contributed by atoms with Crippen LogP contribution in [-0.4, -0.2) is 23.9 Å². The zero-order valence-electron chi connectivity index (χ0n) is 20.6. The van der Waals surface area contributed by atoms with Crippen molar-refractivity contribution in [1.29, 1.82) is 5.26 Å². The Hall–Kier alpha value is -2.31. The number of likely N-dealkylation sites (tertiary alicyclic amines) is 1. The van der Waals surface area contributed by atoms with Crippen LogP contribution >= 0.6 is 11.6 Å². The second kappa shape index (κ2) is 14.7. The van der Waals surface area contributed by atoms with Gasteiger partial charge in [0.15, 0.2) is 0 Å². The number of halogens is 1. The van der Waals surface area contributed by atoms with Gasteiger partial charge in [0.25, 0.3) is 0 Å². The first-order chi connectivity index (χ1) is 15.3. The van der Waals surface area contributed by atoms with Crippen LogP contribution in [0.1, 0.15) is 69.2 Å². The highest BCUT2D eigenvalue weighted by Gasteiger charge is 2.31. The standard InChI is InChI=1S/C11H21NO.C9H12.C8H6ClN/c1-4-6-12-8-10(7-11(12)13)9(3)5-2;1-3-9-7-5-4-6-8(9)2;1-6-2-3-7(5-10)8(9)4-6/h9-10H,4-8H2,1-3H3;4-7H,3H2,1-2H3;2-4H,1H3. The molecule has 0 radical (unpaired) electrons. The smallest absolute Gasteiger partial charge is 0.222 e. The summed E-state index contributed by atoms with van der Waals surface area (Å²) in [5, 5.41) is 9.00. The van der Waals surface area contributed by atoms with Crippen molar-refractivity contribution >= 4 is 17.5 Å². The highest BCUT2D eigenvalue weighted by molar-refractivity contribution is 6.31. The number of hydrogen-bond donors (Lipinski definition) is 0. The molecule has 4 heteroatoms. The van der Waals surface area contributed by atoms with E-state index in [0.717, 1.165) is 37.9 Å². The lowest BCUT2D eigenvalue weighted by Crippen LogP contribution is -2.26. The number of benzene rings is 2. The van der Waals surface area contributed by atoms with E-state index in [1.807, 2.05) is 24.0 Å². The van der Waals surface area contributed by atoms with Gasteiger partial charge in [0.05, 0.1) is 10.6 Å². The van der Waals surface area contributed by atoms with Crippen molar-refractivity contribution in [2.24, 2.45) is 11.8 Å². The Labute approximate surface area is 200 Å². The lowest BCUT2D eigenvalue weighted by atomic mass is 9.91. The number of aryl methyl sites for hydroxylation is 3. The van der Waals surface area contributed by atoms with E-state index in [1.54, 1.807) is 12.1 Å². The van der Waals surface area contributed by atoms with E-state index >= 15 is 0 Å². The molecule has 0 saturated carbocycles. The van der Waals surface area contributed by atoms with Crippen molar-refractivity contribution in [2.45, 2.75) is 67.2 Å². The molecule has 1 fully saturated rings. The first kappa shape index (κ1) is 27.7. The number of nitrogens with zero attached hydrogens (tertiary/aromatic N) is 2. The summed E-state index contributed by atoms with van der Waals surface area (Å²) in [6, 6.07) is 15.8. The van der Waals surface area contributed by atoms with Crippen LogP contribution < -0.4 is 0 Å². The van der Waals surface area contributed by atoms with E-state index in [1.165, 1.54) is 17.5 Å². The van der Waals surface area contributed by atoms with Gasteiger partial charge in [0, 0.05) is 19.5 Å². The fourth-order valence-corrected chi connectivity index (χ4v) is 4.00. The first-order valence-corrected chi connectivity index (χ1v) is 12.1. The van der Waals surface area contributed by atoms with E-state index in [-0.39, 0.29) is 0 Å². The Morgan fingerprint density at radius 1 is 1.16 bits per heavy atom. The van der Waals surface area contributed by atoms with Crippen molar-refractivity contribution in [3.63, 3.8) is 0 Å². The number of amides is 1. The molecule has 1 aliphatic heterocycles. The van der Waals surface area contributed by atoms with E-state index in [0.29, 0.717) is 28.3 Å². The Bertz CT molecular complexity index is 887. The SMILES string of the molecule is CCCN1CC(C(C)CC)CC1=O.CCc1ccccc1C.Cc1ccc(C#N)c(Cl)c1. The van der Waals surface area contributed by atoms with Crippen LogP contribution in [0.2, 0.25) is 5.02 Å². The van der Waals surface area contributed by atoms with Crippen molar-refractivity contribution in [3.05, 3.63) is 69.7 Å². The third-order valence-electron chi connectivity index (χ3n) is 6.07. The van der Waals surface area contributed by atoms with Crippen molar-refractivity contribution in [2.75, 3.05) is 13.1 Å². The summed E-state index contributed by atoms with van der Waals surface area (Å²) < 4.78 is 0. The molecule has 1 heterocycles. The molecule has 1 amide bonds. The van der Waals surface area contributed by atoms with E-state index in [4.69, 9.17) is 16.9 Å². The quantitative estimate of drug-likeness (QED) is 0.473. The molecule has 2 atom stereocenters. The number of rotatable bonds is 5. The molecule has 2 aromatic carbocycles. The molecule has 0 N–H and O–H groups in total. The second-order valence-corrected chi connectivity index (χ2v) is 8.97. The van der Waals surface area contributed by atoms with E-state index in [9.17, 15) is 4.79 Å². The molecule has 0 bridgehead atoms. The number of carbonyl (C=O) groups is 1. The molecule has 1 saturated heterocycles. The van der Waals surface area contributed by atoms with Gasteiger partial charge in [-0.05, 0) is 67.3 Å². The number of nitriles is 1. The second-order valence-electron chi connectivity index (χ2n) is 8.56. The maximum absolute atomic E-state index is 11.5. The molecule has 32 heavy (non-hydrogen) atoms. The molecule has 2 unspecified atom stereocenters. The summed E-state index contributed by atoms with van der Waals surface area (Å²) in [4.78, 5) is 13.5. The summed E-state index contributed by atoms with van der Waals surface area (Å²) in [7, 11) is 0. The zero-order chi connectivity index (χ0) is 24.1. The first-order valence-electron chi connectivity index (χ1n) is 11.8.